The van der Waals surface area contributed by atoms with Crippen LogP contribution in [-0.2, 0) is 10.0 Å². The number of aromatic nitrogens is 1. The van der Waals surface area contributed by atoms with Crippen molar-refractivity contribution in [3.05, 3.63) is 53.7 Å². The molecule has 0 N–H and O–H groups in total. The van der Waals surface area contributed by atoms with E-state index >= 15 is 0 Å². The Bertz CT molecular complexity index is 830. The summed E-state index contributed by atoms with van der Waals surface area (Å²) in [5.41, 5.74) is 0.871. The second-order valence-corrected chi connectivity index (χ2v) is 7.45. The summed E-state index contributed by atoms with van der Waals surface area (Å²) in [5, 5.41) is 0. The van der Waals surface area contributed by atoms with Gasteiger partial charge in [0.15, 0.2) is 4.90 Å². The third-order valence-corrected chi connectivity index (χ3v) is 5.90. The lowest BCUT2D eigenvalue weighted by Crippen LogP contribution is -2.49. The maximum absolute atomic E-state index is 13.8. The zero-order chi connectivity index (χ0) is 17.3. The normalized spacial score (nSPS) is 16.4. The van der Waals surface area contributed by atoms with Crippen LogP contribution in [0.25, 0.3) is 0 Å². The van der Waals surface area contributed by atoms with Crippen molar-refractivity contribution >= 4 is 15.8 Å². The van der Waals surface area contributed by atoms with Crippen molar-refractivity contribution in [2.75, 3.05) is 31.1 Å². The van der Waals surface area contributed by atoms with Crippen molar-refractivity contribution in [3.8, 4) is 0 Å². The largest absolute Gasteiger partial charge is 0.354 e. The van der Waals surface area contributed by atoms with Gasteiger partial charge in [0.2, 0.25) is 10.0 Å². The highest BCUT2D eigenvalue weighted by Crippen LogP contribution is 2.24. The van der Waals surface area contributed by atoms with Gasteiger partial charge in [0.05, 0.1) is 0 Å². The summed E-state index contributed by atoms with van der Waals surface area (Å²) in [6.07, 6.45) is 0. The van der Waals surface area contributed by atoms with Gasteiger partial charge in [0, 0.05) is 31.9 Å². The van der Waals surface area contributed by atoms with Gasteiger partial charge in [0.25, 0.3) is 0 Å². The predicted octanol–water partition coefficient (Wildman–Crippen LogP) is 2.18. The van der Waals surface area contributed by atoms with Gasteiger partial charge in [-0.1, -0.05) is 12.1 Å². The van der Waals surface area contributed by atoms with Crippen LogP contribution < -0.4 is 4.90 Å². The Morgan fingerprint density at radius 2 is 1.54 bits per heavy atom. The molecule has 1 aliphatic heterocycles. The second-order valence-electron chi connectivity index (χ2n) is 5.58. The molecule has 1 fully saturated rings. The SMILES string of the molecule is Cc1cccc(N2CCN(S(=O)(=O)c3c(F)cccc3F)CC2)n1. The van der Waals surface area contributed by atoms with Crippen LogP contribution in [0.3, 0.4) is 0 Å². The minimum atomic E-state index is -4.20. The fourth-order valence-electron chi connectivity index (χ4n) is 2.72. The molecule has 24 heavy (non-hydrogen) atoms. The summed E-state index contributed by atoms with van der Waals surface area (Å²) in [7, 11) is -4.20. The molecule has 128 valence electrons. The molecule has 1 saturated heterocycles. The number of piperazine rings is 1. The molecule has 0 bridgehead atoms. The first-order valence-electron chi connectivity index (χ1n) is 7.52. The van der Waals surface area contributed by atoms with Crippen molar-refractivity contribution in [2.24, 2.45) is 0 Å². The van der Waals surface area contributed by atoms with Gasteiger partial charge in [-0.15, -0.1) is 0 Å². The first-order valence-corrected chi connectivity index (χ1v) is 8.96. The minimum Gasteiger partial charge on any atom is -0.354 e. The van der Waals surface area contributed by atoms with Crippen LogP contribution >= 0.6 is 0 Å². The van der Waals surface area contributed by atoms with Crippen LogP contribution in [0.4, 0.5) is 14.6 Å². The van der Waals surface area contributed by atoms with Crippen LogP contribution in [0.5, 0.6) is 0 Å². The maximum Gasteiger partial charge on any atom is 0.249 e. The van der Waals surface area contributed by atoms with Gasteiger partial charge in [-0.25, -0.2) is 22.2 Å². The molecule has 1 aromatic carbocycles. The van der Waals surface area contributed by atoms with Gasteiger partial charge in [-0.3, -0.25) is 0 Å². The summed E-state index contributed by atoms with van der Waals surface area (Å²) < 4.78 is 53.8. The average Bonchev–Trinajstić information content (AvgIpc) is 2.54. The first kappa shape index (κ1) is 16.8. The quantitative estimate of drug-likeness (QED) is 0.849. The molecule has 1 aromatic heterocycles. The lowest BCUT2D eigenvalue weighted by molar-refractivity contribution is 0.377. The monoisotopic (exact) mass is 353 g/mol. The summed E-state index contributed by atoms with van der Waals surface area (Å²) >= 11 is 0. The number of hydrogen-bond acceptors (Lipinski definition) is 4. The van der Waals surface area contributed by atoms with Crippen LogP contribution in [0, 0.1) is 18.6 Å². The molecule has 0 aliphatic carbocycles. The van der Waals surface area contributed by atoms with E-state index in [0.29, 0.717) is 13.1 Å². The predicted molar refractivity (Wildman–Crippen MR) is 86.3 cm³/mol. The third-order valence-electron chi connectivity index (χ3n) is 3.95. The Hall–Kier alpha value is -2.06. The van der Waals surface area contributed by atoms with Crippen LogP contribution in [0.2, 0.25) is 0 Å². The second kappa shape index (κ2) is 6.45. The number of nitrogens with zero attached hydrogens (tertiary/aromatic N) is 3. The molecule has 1 aliphatic rings. The highest BCUT2D eigenvalue weighted by molar-refractivity contribution is 7.89. The molecular formula is C16H17F2N3O2S. The topological polar surface area (TPSA) is 53.5 Å². The van der Waals surface area contributed by atoms with Crippen molar-refractivity contribution < 1.29 is 17.2 Å². The Balaban J connectivity index is 1.79. The standard InChI is InChI=1S/C16H17F2N3O2S/c1-12-4-2-7-15(19-12)20-8-10-21(11-9-20)24(22,23)16-13(17)5-3-6-14(16)18/h2-7H,8-11H2,1H3. The molecule has 0 unspecified atom stereocenters. The summed E-state index contributed by atoms with van der Waals surface area (Å²) in [5.74, 6) is -1.38. The number of aryl methyl sites for hydroxylation is 1. The zero-order valence-electron chi connectivity index (χ0n) is 13.1. The molecule has 0 amide bonds. The van der Waals surface area contributed by atoms with Crippen LogP contribution in [0.15, 0.2) is 41.3 Å². The van der Waals surface area contributed by atoms with Gasteiger partial charge >= 0.3 is 0 Å². The Kier molecular flexibility index (Phi) is 4.51. The molecule has 2 heterocycles. The van der Waals surface area contributed by atoms with Crippen molar-refractivity contribution in [2.45, 2.75) is 11.8 Å². The van der Waals surface area contributed by atoms with Crippen LogP contribution in [-0.4, -0.2) is 43.9 Å². The third kappa shape index (κ3) is 3.11. The number of hydrogen-bond donors (Lipinski definition) is 0. The van der Waals surface area contributed by atoms with Crippen molar-refractivity contribution in [1.82, 2.24) is 9.29 Å². The van der Waals surface area contributed by atoms with E-state index in [-0.39, 0.29) is 13.1 Å². The van der Waals surface area contributed by atoms with E-state index < -0.39 is 26.6 Å². The number of anilines is 1. The van der Waals surface area contributed by atoms with E-state index in [2.05, 4.69) is 4.98 Å². The molecule has 0 saturated carbocycles. The molecule has 2 aromatic rings. The average molecular weight is 353 g/mol. The van der Waals surface area contributed by atoms with E-state index in [9.17, 15) is 17.2 Å². The zero-order valence-corrected chi connectivity index (χ0v) is 13.9. The van der Waals surface area contributed by atoms with Crippen molar-refractivity contribution in [1.29, 1.82) is 0 Å². The van der Waals surface area contributed by atoms with E-state index in [1.165, 1.54) is 0 Å². The fourth-order valence-corrected chi connectivity index (χ4v) is 4.25. The smallest absolute Gasteiger partial charge is 0.249 e. The van der Waals surface area contributed by atoms with Gasteiger partial charge < -0.3 is 4.90 Å². The highest BCUT2D eigenvalue weighted by Gasteiger charge is 2.33. The molecular weight excluding hydrogens is 336 g/mol. The molecule has 8 heteroatoms. The molecule has 5 nitrogen and oxygen atoms in total. The molecule has 0 spiro atoms. The lowest BCUT2D eigenvalue weighted by atomic mass is 10.3. The molecule has 3 rings (SSSR count). The number of rotatable bonds is 3. The number of sulfonamides is 1. The number of pyridine rings is 1. The van der Waals surface area contributed by atoms with Crippen LogP contribution in [0.1, 0.15) is 5.69 Å². The molecule has 0 radical (unpaired) electrons. The minimum absolute atomic E-state index is 0.145. The Morgan fingerprint density at radius 1 is 0.958 bits per heavy atom. The summed E-state index contributed by atoms with van der Waals surface area (Å²) in [6.45, 7) is 2.99. The van der Waals surface area contributed by atoms with E-state index in [0.717, 1.165) is 34.0 Å². The lowest BCUT2D eigenvalue weighted by Gasteiger charge is -2.34. The van der Waals surface area contributed by atoms with Gasteiger partial charge in [-0.2, -0.15) is 4.31 Å². The number of benzene rings is 1. The van der Waals surface area contributed by atoms with Gasteiger partial charge in [0.1, 0.15) is 17.5 Å². The summed E-state index contributed by atoms with van der Waals surface area (Å²) in [4.78, 5) is 5.48. The molecule has 0 atom stereocenters. The van der Waals surface area contributed by atoms with E-state index in [1.807, 2.05) is 30.0 Å². The first-order chi connectivity index (χ1) is 11.4. The van der Waals surface area contributed by atoms with E-state index in [4.69, 9.17) is 0 Å². The fraction of sp³-hybridized carbons (Fsp3) is 0.312. The maximum atomic E-state index is 13.8. The Labute approximate surface area is 139 Å². The van der Waals surface area contributed by atoms with Crippen molar-refractivity contribution in [3.63, 3.8) is 0 Å². The van der Waals surface area contributed by atoms with E-state index in [1.54, 1.807) is 0 Å². The number of halogens is 2. The highest BCUT2D eigenvalue weighted by atomic mass is 32.2. The summed E-state index contributed by atoms with van der Waals surface area (Å²) in [6, 6.07) is 8.66. The Morgan fingerprint density at radius 3 is 2.12 bits per heavy atom. The van der Waals surface area contributed by atoms with Gasteiger partial charge in [-0.05, 0) is 31.2 Å².